The summed E-state index contributed by atoms with van der Waals surface area (Å²) in [4.78, 5) is 17.4. The van der Waals surface area contributed by atoms with Crippen LogP contribution in [0.25, 0.3) is 0 Å². The third-order valence-corrected chi connectivity index (χ3v) is 10.2. The number of amides is 1. The molecule has 15 heteroatoms. The molecule has 6 rings (SSSR count). The van der Waals surface area contributed by atoms with E-state index >= 15 is 0 Å². The standard InChI is InChI=1S/C34H38N4O10S/c1-21(2)17-38(49(41,42)25-8-9-29-30(14-25)46-20-45-29)18-28(39)27(37-34(40)48-31-19-44-33-26(31)11-12-43-33)13-22-3-6-24(7-4-22)47-32-10-5-23(15-35)16-36-32/h3-10,14,16,21,26-28,31,33,39H,11-13,17-20H2,1-2H3,(H,37,40)/t26?,27-,28+,31?,33?/m0/s1. The number of nitrogens with one attached hydrogen (secondary N) is 1. The number of rotatable bonds is 13. The Morgan fingerprint density at radius 3 is 2.63 bits per heavy atom. The van der Waals surface area contributed by atoms with Crippen molar-refractivity contribution in [1.82, 2.24) is 14.6 Å². The van der Waals surface area contributed by atoms with Crippen molar-refractivity contribution in [2.75, 3.05) is 33.1 Å². The molecule has 1 amide bonds. The number of aliphatic hydroxyl groups is 1. The third kappa shape index (κ3) is 8.23. The maximum absolute atomic E-state index is 13.9. The SMILES string of the molecule is CC(C)CN(C[C@@H](O)[C@H](Cc1ccc(Oc2ccc(C#N)cn2)cc1)NC(=O)OC1COC2OCCC12)S(=O)(=O)c1ccc2c(c1)OCO2. The largest absolute Gasteiger partial charge is 0.454 e. The Bertz CT molecular complexity index is 1760. The molecular formula is C34H38N4O10S. The van der Waals surface area contributed by atoms with Crippen molar-refractivity contribution in [3.8, 4) is 29.2 Å². The summed E-state index contributed by atoms with van der Waals surface area (Å²) >= 11 is 0. The van der Waals surface area contributed by atoms with Gasteiger partial charge in [0.25, 0.3) is 0 Å². The second-order valence-electron chi connectivity index (χ2n) is 12.5. The fraction of sp³-hybridized carbons (Fsp3) is 0.441. The van der Waals surface area contributed by atoms with Crippen LogP contribution in [-0.2, 0) is 30.7 Å². The monoisotopic (exact) mass is 694 g/mol. The van der Waals surface area contributed by atoms with E-state index < -0.39 is 40.7 Å². The molecule has 5 atom stereocenters. The average Bonchev–Trinajstić information content (AvgIpc) is 3.84. The minimum atomic E-state index is -4.09. The molecule has 0 saturated carbocycles. The van der Waals surface area contributed by atoms with Gasteiger partial charge in [0.05, 0.1) is 41.7 Å². The molecule has 0 aliphatic carbocycles. The number of hydrogen-bond donors (Lipinski definition) is 2. The van der Waals surface area contributed by atoms with Crippen LogP contribution in [0.3, 0.4) is 0 Å². The van der Waals surface area contributed by atoms with E-state index in [0.717, 1.165) is 5.56 Å². The van der Waals surface area contributed by atoms with Gasteiger partial charge in [0.1, 0.15) is 17.9 Å². The summed E-state index contributed by atoms with van der Waals surface area (Å²) in [6.07, 6.45) is -0.771. The summed E-state index contributed by atoms with van der Waals surface area (Å²) < 4.78 is 62.4. The van der Waals surface area contributed by atoms with Crippen LogP contribution in [0.15, 0.2) is 65.7 Å². The molecule has 2 N–H and O–H groups in total. The van der Waals surface area contributed by atoms with Gasteiger partial charge < -0.3 is 38.8 Å². The van der Waals surface area contributed by atoms with E-state index in [-0.39, 0.29) is 49.6 Å². The number of sulfonamides is 1. The van der Waals surface area contributed by atoms with Gasteiger partial charge in [0, 0.05) is 31.4 Å². The molecule has 49 heavy (non-hydrogen) atoms. The molecule has 4 heterocycles. The van der Waals surface area contributed by atoms with Crippen LogP contribution in [0.1, 0.15) is 31.4 Å². The van der Waals surface area contributed by atoms with Crippen LogP contribution >= 0.6 is 0 Å². The molecule has 0 bridgehead atoms. The molecule has 3 aromatic rings. The molecule has 3 unspecified atom stereocenters. The number of alkyl carbamates (subject to hydrolysis) is 1. The Kier molecular flexibility index (Phi) is 10.5. The number of aliphatic hydroxyl groups excluding tert-OH is 1. The number of nitrogens with zero attached hydrogens (tertiary/aromatic N) is 3. The first-order valence-electron chi connectivity index (χ1n) is 16.0. The summed E-state index contributed by atoms with van der Waals surface area (Å²) in [5.41, 5.74) is 1.14. The van der Waals surface area contributed by atoms with Gasteiger partial charge in [-0.05, 0) is 54.7 Å². The van der Waals surface area contributed by atoms with E-state index in [2.05, 4.69) is 10.3 Å². The van der Waals surface area contributed by atoms with E-state index in [9.17, 15) is 18.3 Å². The zero-order chi connectivity index (χ0) is 34.5. The van der Waals surface area contributed by atoms with Crippen LogP contribution in [0.4, 0.5) is 4.79 Å². The number of hydrogen-bond acceptors (Lipinski definition) is 12. The molecule has 3 aliphatic rings. The van der Waals surface area contributed by atoms with Gasteiger partial charge in [0.15, 0.2) is 17.8 Å². The van der Waals surface area contributed by atoms with Gasteiger partial charge in [-0.1, -0.05) is 26.0 Å². The van der Waals surface area contributed by atoms with Crippen LogP contribution in [-0.4, -0.2) is 86.5 Å². The highest BCUT2D eigenvalue weighted by Gasteiger charge is 2.44. The summed E-state index contributed by atoms with van der Waals surface area (Å²) in [6.45, 7) is 4.27. The van der Waals surface area contributed by atoms with Crippen LogP contribution in [0.5, 0.6) is 23.1 Å². The lowest BCUT2D eigenvalue weighted by Gasteiger charge is -2.31. The van der Waals surface area contributed by atoms with Crippen molar-refractivity contribution in [3.05, 3.63) is 71.9 Å². The Hall–Kier alpha value is -4.46. The van der Waals surface area contributed by atoms with E-state index in [1.807, 2.05) is 19.9 Å². The molecule has 2 fully saturated rings. The molecular weight excluding hydrogens is 656 g/mol. The number of nitriles is 1. The minimum Gasteiger partial charge on any atom is -0.454 e. The molecule has 1 aromatic heterocycles. The third-order valence-electron chi connectivity index (χ3n) is 8.42. The summed E-state index contributed by atoms with van der Waals surface area (Å²) in [5.74, 6) is 1.41. The first kappa shape index (κ1) is 34.4. The fourth-order valence-electron chi connectivity index (χ4n) is 5.93. The second kappa shape index (κ2) is 15.0. The highest BCUT2D eigenvalue weighted by atomic mass is 32.2. The maximum atomic E-state index is 13.9. The topological polar surface area (TPSA) is 179 Å². The number of aromatic nitrogens is 1. The maximum Gasteiger partial charge on any atom is 0.407 e. The highest BCUT2D eigenvalue weighted by molar-refractivity contribution is 7.89. The highest BCUT2D eigenvalue weighted by Crippen LogP contribution is 2.35. The molecule has 2 saturated heterocycles. The lowest BCUT2D eigenvalue weighted by atomic mass is 10.0. The summed E-state index contributed by atoms with van der Waals surface area (Å²) in [5, 5.41) is 23.4. The zero-order valence-corrected chi connectivity index (χ0v) is 27.9. The number of ether oxygens (including phenoxy) is 6. The number of benzene rings is 2. The lowest BCUT2D eigenvalue weighted by molar-refractivity contribution is -0.0907. The van der Waals surface area contributed by atoms with Crippen molar-refractivity contribution < 1.29 is 46.7 Å². The number of carbonyl (C=O) groups is 1. The predicted octanol–water partition coefficient (Wildman–Crippen LogP) is 3.58. The van der Waals surface area contributed by atoms with Crippen molar-refractivity contribution in [2.45, 2.75) is 56.1 Å². The Labute approximate surface area is 284 Å². The van der Waals surface area contributed by atoms with E-state index in [1.54, 1.807) is 36.4 Å². The van der Waals surface area contributed by atoms with Crippen LogP contribution in [0, 0.1) is 23.2 Å². The summed E-state index contributed by atoms with van der Waals surface area (Å²) in [7, 11) is -4.09. The van der Waals surface area contributed by atoms with Crippen LogP contribution in [0.2, 0.25) is 0 Å². The van der Waals surface area contributed by atoms with E-state index in [1.165, 1.54) is 28.7 Å². The van der Waals surface area contributed by atoms with Crippen molar-refractivity contribution in [3.63, 3.8) is 0 Å². The molecule has 0 radical (unpaired) electrons. The lowest BCUT2D eigenvalue weighted by Crippen LogP contribution is -2.51. The predicted molar refractivity (Wildman–Crippen MR) is 172 cm³/mol. The van der Waals surface area contributed by atoms with Gasteiger partial charge in [-0.3, -0.25) is 0 Å². The van der Waals surface area contributed by atoms with E-state index in [0.29, 0.717) is 41.7 Å². The number of pyridine rings is 1. The van der Waals surface area contributed by atoms with E-state index in [4.69, 9.17) is 33.7 Å². The van der Waals surface area contributed by atoms with Crippen molar-refractivity contribution in [2.24, 2.45) is 11.8 Å². The first-order valence-corrected chi connectivity index (χ1v) is 17.4. The molecule has 14 nitrogen and oxygen atoms in total. The van der Waals surface area contributed by atoms with Gasteiger partial charge in [0.2, 0.25) is 22.7 Å². The van der Waals surface area contributed by atoms with Crippen molar-refractivity contribution in [1.29, 1.82) is 5.26 Å². The number of fused-ring (bicyclic) bond motifs is 2. The smallest absolute Gasteiger partial charge is 0.407 e. The Balaban J connectivity index is 1.19. The fourth-order valence-corrected chi connectivity index (χ4v) is 7.57. The molecule has 0 spiro atoms. The zero-order valence-electron chi connectivity index (χ0n) is 27.1. The quantitative estimate of drug-likeness (QED) is 0.266. The van der Waals surface area contributed by atoms with Crippen LogP contribution < -0.4 is 19.5 Å². The molecule has 3 aliphatic heterocycles. The van der Waals surface area contributed by atoms with Gasteiger partial charge in [-0.2, -0.15) is 9.57 Å². The minimum absolute atomic E-state index is 0.00243. The normalized spacial score (nSPS) is 20.9. The molecule has 260 valence electrons. The van der Waals surface area contributed by atoms with Gasteiger partial charge in [-0.25, -0.2) is 18.2 Å². The average molecular weight is 695 g/mol. The first-order chi connectivity index (χ1) is 23.6. The summed E-state index contributed by atoms with van der Waals surface area (Å²) in [6, 6.07) is 15.6. The van der Waals surface area contributed by atoms with Crippen molar-refractivity contribution >= 4 is 16.1 Å². The second-order valence-corrected chi connectivity index (χ2v) is 14.4. The number of carbonyl (C=O) groups excluding carboxylic acids is 1. The Morgan fingerprint density at radius 1 is 1.10 bits per heavy atom. The Morgan fingerprint density at radius 2 is 1.90 bits per heavy atom. The molecule has 2 aromatic carbocycles. The van der Waals surface area contributed by atoms with Gasteiger partial charge >= 0.3 is 6.09 Å². The van der Waals surface area contributed by atoms with Gasteiger partial charge in [-0.15, -0.1) is 0 Å².